The number of aromatic nitrogens is 5. The summed E-state index contributed by atoms with van der Waals surface area (Å²) in [4.78, 5) is 38.1. The summed E-state index contributed by atoms with van der Waals surface area (Å²) >= 11 is 10.6. The van der Waals surface area contributed by atoms with Crippen LogP contribution in [0, 0.1) is 23.1 Å². The molecule has 3 aromatic heterocycles. The highest BCUT2D eigenvalue weighted by atomic mass is 32.7. The summed E-state index contributed by atoms with van der Waals surface area (Å²) in [6, 6.07) is 3.66. The SMILES string of the molecule is CC(C)[Si](O)(O[Si](O[C@H]1[C@H]2O[P@@](=S)(OCCC#N)OC[C@H]3C[C@@H](Oc4ccncn4)C[C@@H]3O[P@@](=O)(S)OC[C@H]1O[C@H]2n1cc(F)c2c(=O)n(C)cnc21)(C(C)C)C(C)C)C(C)C. The third kappa shape index (κ3) is 10.5. The average Bonchev–Trinajstić information content (AvgIpc) is 3.85. The molecule has 0 unspecified atom stereocenters. The van der Waals surface area contributed by atoms with E-state index < -0.39 is 91.3 Å². The van der Waals surface area contributed by atoms with E-state index in [1.165, 1.54) is 24.3 Å². The molecule has 62 heavy (non-hydrogen) atoms. The fourth-order valence-corrected chi connectivity index (χ4v) is 21.8. The highest BCUT2D eigenvalue weighted by molar-refractivity contribution is 8.44. The number of nitriles is 1. The minimum atomic E-state index is -4.21. The Morgan fingerprint density at radius 1 is 1.06 bits per heavy atom. The van der Waals surface area contributed by atoms with E-state index in [4.69, 9.17) is 52.4 Å². The second kappa shape index (κ2) is 19.9. The van der Waals surface area contributed by atoms with E-state index in [2.05, 4.69) is 27.2 Å². The molecule has 3 fully saturated rings. The Kier molecular flexibility index (Phi) is 15.8. The van der Waals surface area contributed by atoms with Gasteiger partial charge in [-0.15, -0.1) is 0 Å². The molecule has 6 rings (SSSR count). The molecule has 3 aliphatic rings. The lowest BCUT2D eigenvalue weighted by Gasteiger charge is -2.47. The van der Waals surface area contributed by atoms with E-state index in [0.717, 1.165) is 10.8 Å². The van der Waals surface area contributed by atoms with Gasteiger partial charge in [-0.05, 0) is 40.4 Å². The van der Waals surface area contributed by atoms with Gasteiger partial charge in [0.05, 0.1) is 44.7 Å². The summed E-state index contributed by atoms with van der Waals surface area (Å²) in [6.45, 7) is 6.60. The largest absolute Gasteiger partial charge is 0.474 e. The zero-order chi connectivity index (χ0) is 45.4. The Hall–Kier alpha value is -1.98. The van der Waals surface area contributed by atoms with Crippen molar-refractivity contribution in [2.24, 2.45) is 13.0 Å². The lowest BCUT2D eigenvalue weighted by atomic mass is 10.1. The average molecular weight is 979 g/mol. The molecule has 3 aromatic rings. The summed E-state index contributed by atoms with van der Waals surface area (Å²) in [5, 5.41) is 9.21. The van der Waals surface area contributed by atoms with E-state index in [-0.39, 0.29) is 59.3 Å². The summed E-state index contributed by atoms with van der Waals surface area (Å²) in [5.74, 6) is -1.04. The zero-order valence-electron chi connectivity index (χ0n) is 36.2. The minimum Gasteiger partial charge on any atom is -0.474 e. The Labute approximate surface area is 373 Å². The molecule has 0 radical (unpaired) electrons. The van der Waals surface area contributed by atoms with Crippen LogP contribution in [0.4, 0.5) is 4.39 Å². The number of aryl methyl sites for hydroxylation is 1. The van der Waals surface area contributed by atoms with Gasteiger partial charge in [0.15, 0.2) is 17.7 Å². The van der Waals surface area contributed by atoms with Crippen LogP contribution in [0.15, 0.2) is 35.9 Å². The maximum absolute atomic E-state index is 15.9. The van der Waals surface area contributed by atoms with Crippen molar-refractivity contribution < 1.29 is 54.4 Å². The fraction of sp³-hybridized carbons (Fsp3) is 0.703. The van der Waals surface area contributed by atoms with Crippen molar-refractivity contribution in [3.63, 3.8) is 0 Å². The maximum Gasteiger partial charge on any atom is 0.386 e. The molecule has 5 heterocycles. The van der Waals surface area contributed by atoms with Gasteiger partial charge < -0.3 is 41.0 Å². The first-order valence-corrected chi connectivity index (χ1v) is 29.9. The van der Waals surface area contributed by atoms with Crippen LogP contribution in [0.1, 0.15) is 80.9 Å². The van der Waals surface area contributed by atoms with Crippen molar-refractivity contribution in [3.8, 4) is 11.9 Å². The van der Waals surface area contributed by atoms with Crippen LogP contribution < -0.4 is 10.3 Å². The van der Waals surface area contributed by atoms with Crippen LogP contribution in [0.2, 0.25) is 22.2 Å². The topological polar surface area (TPSA) is 210 Å². The molecule has 0 amide bonds. The number of hydrogen-bond donors (Lipinski definition) is 2. The number of nitrogens with zero attached hydrogens (tertiary/aromatic N) is 6. The number of ether oxygens (including phenoxy) is 2. The number of hydrogen-bond acceptors (Lipinski definition) is 17. The van der Waals surface area contributed by atoms with E-state index in [1.807, 2.05) is 61.5 Å². The second-order valence-corrected chi connectivity index (χ2v) is 31.5. The summed E-state index contributed by atoms with van der Waals surface area (Å²) in [5.41, 5.74) is -1.73. The van der Waals surface area contributed by atoms with Crippen LogP contribution in [-0.4, -0.2) is 96.3 Å². The van der Waals surface area contributed by atoms with E-state index in [0.29, 0.717) is 12.3 Å². The third-order valence-electron chi connectivity index (χ3n) is 11.6. The minimum absolute atomic E-state index is 0.0578. The molecule has 1 N–H and O–H groups in total. The highest BCUT2D eigenvalue weighted by Crippen LogP contribution is 2.60. The lowest BCUT2D eigenvalue weighted by Crippen LogP contribution is -2.62. The molecular formula is C37H57FN6O12P2S2Si2. The molecule has 25 heteroatoms. The fourth-order valence-electron chi connectivity index (χ4n) is 8.23. The zero-order valence-corrected chi connectivity index (χ0v) is 41.7. The first-order valence-electron chi connectivity index (χ1n) is 20.6. The number of halogens is 1. The Balaban J connectivity index is 1.50. The number of fused-ring (bicyclic) bond motifs is 4. The van der Waals surface area contributed by atoms with Gasteiger partial charge >= 0.3 is 30.6 Å². The molecule has 344 valence electrons. The molecule has 0 spiro atoms. The smallest absolute Gasteiger partial charge is 0.386 e. The Morgan fingerprint density at radius 3 is 2.40 bits per heavy atom. The quantitative estimate of drug-likeness (QED) is 0.0700. The molecule has 1 saturated carbocycles. The van der Waals surface area contributed by atoms with E-state index in [9.17, 15) is 19.4 Å². The molecule has 0 aromatic carbocycles. The maximum atomic E-state index is 15.9. The van der Waals surface area contributed by atoms with Gasteiger partial charge in [0, 0.05) is 37.8 Å². The molecule has 2 aliphatic heterocycles. The van der Waals surface area contributed by atoms with Crippen molar-refractivity contribution in [3.05, 3.63) is 47.3 Å². The van der Waals surface area contributed by atoms with E-state index in [1.54, 1.807) is 12.3 Å². The summed E-state index contributed by atoms with van der Waals surface area (Å²) in [6.07, 6.45) is -0.522. The van der Waals surface area contributed by atoms with Gasteiger partial charge in [0.2, 0.25) is 5.88 Å². The van der Waals surface area contributed by atoms with Gasteiger partial charge in [0.1, 0.15) is 36.1 Å². The third-order valence-corrected chi connectivity index (χ3v) is 25.3. The van der Waals surface area contributed by atoms with Crippen LogP contribution in [0.25, 0.3) is 11.0 Å². The first-order chi connectivity index (χ1) is 29.1. The van der Waals surface area contributed by atoms with Gasteiger partial charge in [-0.3, -0.25) is 18.4 Å². The van der Waals surface area contributed by atoms with Crippen LogP contribution in [-0.2, 0) is 59.3 Å². The predicted octanol–water partition coefficient (Wildman–Crippen LogP) is 7.35. The summed E-state index contributed by atoms with van der Waals surface area (Å²) in [7, 11) is -5.74. The van der Waals surface area contributed by atoms with E-state index >= 15 is 4.39 Å². The molecule has 9 atom stereocenters. The molecule has 18 nitrogen and oxygen atoms in total. The first kappa shape index (κ1) is 49.5. The van der Waals surface area contributed by atoms with Gasteiger partial charge in [-0.1, -0.05) is 67.6 Å². The van der Waals surface area contributed by atoms with Crippen LogP contribution >= 0.6 is 25.8 Å². The number of thiol groups is 1. The van der Waals surface area contributed by atoms with Gasteiger partial charge in [-0.2, -0.15) is 5.26 Å². The standard InChI is InChI=1S/C37H57FN6O12P2S2Si2/c1-22(2)61(47,23(3)4)56-62(24(5)6,25(7)8)55-33-30-19-49-57(46,59)53-29-16-27(51-31-11-13-40-20-41-31)15-26(29)18-50-58(60,48-14-10-12-39)54-34(33)37(52-30)44-17-28(38)32-35(44)42-21-43(9)36(32)45/h11,13,17,20-27,29-30,33-34,37,47H,10,14-16,18-19H2,1-9H3,(H,46,59)/t26-,27-,29+,30-,33-,34-,37-,57+,58-/m1/s1. The Morgan fingerprint density at radius 2 is 1.77 bits per heavy atom. The highest BCUT2D eigenvalue weighted by Gasteiger charge is 2.60. The van der Waals surface area contributed by atoms with Crippen LogP contribution in [0.3, 0.4) is 0 Å². The van der Waals surface area contributed by atoms with Crippen molar-refractivity contribution in [1.82, 2.24) is 24.1 Å². The molecule has 2 bridgehead atoms. The lowest BCUT2D eigenvalue weighted by molar-refractivity contribution is -0.0505. The molecule has 1 aliphatic carbocycles. The normalized spacial score (nSPS) is 30.1. The number of rotatable bonds is 14. The van der Waals surface area contributed by atoms with Crippen molar-refractivity contribution in [2.75, 3.05) is 19.8 Å². The van der Waals surface area contributed by atoms with Crippen molar-refractivity contribution >= 4 is 65.7 Å². The predicted molar refractivity (Wildman–Crippen MR) is 237 cm³/mol. The Bertz CT molecular complexity index is 2220. The van der Waals surface area contributed by atoms with Crippen molar-refractivity contribution in [2.45, 2.75) is 134 Å². The van der Waals surface area contributed by atoms with Gasteiger partial charge in [-0.25, -0.2) is 23.9 Å². The van der Waals surface area contributed by atoms with Crippen molar-refractivity contribution in [1.29, 1.82) is 5.26 Å². The van der Waals surface area contributed by atoms with Gasteiger partial charge in [0.25, 0.3) is 5.56 Å². The van der Waals surface area contributed by atoms with Crippen LogP contribution in [0.5, 0.6) is 5.88 Å². The summed E-state index contributed by atoms with van der Waals surface area (Å²) < 4.78 is 91.7. The molecular weight excluding hydrogens is 922 g/mol. The second-order valence-electron chi connectivity index (χ2n) is 17.1. The monoisotopic (exact) mass is 978 g/mol. The molecule has 2 saturated heterocycles.